The molecule has 0 saturated heterocycles. The SMILES string of the molecule is CC(C)C[C@@H](OCC1CC1)[C@H](C)OC(=O)[C@H](C)CC(=O)OC(C)(C)C. The van der Waals surface area contributed by atoms with Crippen molar-refractivity contribution in [2.24, 2.45) is 17.8 Å². The van der Waals surface area contributed by atoms with Crippen molar-refractivity contribution in [3.05, 3.63) is 0 Å². The topological polar surface area (TPSA) is 61.8 Å². The second-order valence-electron chi connectivity index (χ2n) is 8.78. The van der Waals surface area contributed by atoms with Gasteiger partial charge in [0.05, 0.1) is 18.4 Å². The lowest BCUT2D eigenvalue weighted by atomic mass is 10.0. The fourth-order valence-corrected chi connectivity index (χ4v) is 2.50. The Morgan fingerprint density at radius 2 is 1.68 bits per heavy atom. The minimum atomic E-state index is -0.549. The molecular weight excluding hydrogens is 320 g/mol. The van der Waals surface area contributed by atoms with E-state index in [1.165, 1.54) is 12.8 Å². The Bertz CT molecular complexity index is 434. The highest BCUT2D eigenvalue weighted by Gasteiger charge is 2.30. The van der Waals surface area contributed by atoms with Crippen molar-refractivity contribution in [2.75, 3.05) is 6.61 Å². The first kappa shape index (κ1) is 21.9. The molecule has 5 nitrogen and oxygen atoms in total. The van der Waals surface area contributed by atoms with Crippen LogP contribution in [0.4, 0.5) is 0 Å². The highest BCUT2D eigenvalue weighted by Crippen LogP contribution is 2.30. The Kier molecular flexibility index (Phi) is 8.39. The van der Waals surface area contributed by atoms with Gasteiger partial charge in [0.25, 0.3) is 0 Å². The van der Waals surface area contributed by atoms with Crippen LogP contribution in [0.5, 0.6) is 0 Å². The zero-order valence-electron chi connectivity index (χ0n) is 17.0. The van der Waals surface area contributed by atoms with Crippen LogP contribution < -0.4 is 0 Å². The molecule has 0 heterocycles. The predicted molar refractivity (Wildman–Crippen MR) is 97.1 cm³/mol. The van der Waals surface area contributed by atoms with Crippen LogP contribution in [0.15, 0.2) is 0 Å². The average molecular weight is 357 g/mol. The molecule has 0 radical (unpaired) electrons. The molecule has 25 heavy (non-hydrogen) atoms. The van der Waals surface area contributed by atoms with Crippen LogP contribution in [0.3, 0.4) is 0 Å². The molecular formula is C20H36O5. The molecule has 0 N–H and O–H groups in total. The Labute approximate surface area is 152 Å². The molecule has 3 atom stereocenters. The molecule has 0 aromatic heterocycles. The van der Waals surface area contributed by atoms with Gasteiger partial charge in [0.1, 0.15) is 11.7 Å². The molecule has 0 unspecified atom stereocenters. The van der Waals surface area contributed by atoms with Crippen molar-refractivity contribution in [3.63, 3.8) is 0 Å². The molecule has 0 aliphatic heterocycles. The molecule has 5 heteroatoms. The minimum absolute atomic E-state index is 0.0284. The van der Waals surface area contributed by atoms with Crippen molar-refractivity contribution in [1.82, 2.24) is 0 Å². The lowest BCUT2D eigenvalue weighted by Crippen LogP contribution is -2.35. The quantitative estimate of drug-likeness (QED) is 0.551. The van der Waals surface area contributed by atoms with Crippen LogP contribution in [-0.2, 0) is 23.8 Å². The van der Waals surface area contributed by atoms with Gasteiger partial charge < -0.3 is 14.2 Å². The summed E-state index contributed by atoms with van der Waals surface area (Å²) in [5.41, 5.74) is -0.549. The number of hydrogen-bond acceptors (Lipinski definition) is 5. The average Bonchev–Trinajstić information content (AvgIpc) is 3.24. The van der Waals surface area contributed by atoms with Crippen molar-refractivity contribution >= 4 is 11.9 Å². The third-order valence-electron chi connectivity index (χ3n) is 4.07. The Hall–Kier alpha value is -1.10. The summed E-state index contributed by atoms with van der Waals surface area (Å²) in [5.74, 6) is -0.149. The van der Waals surface area contributed by atoms with E-state index in [0.717, 1.165) is 13.0 Å². The second kappa shape index (κ2) is 9.56. The third-order valence-corrected chi connectivity index (χ3v) is 4.07. The minimum Gasteiger partial charge on any atom is -0.460 e. The molecule has 0 bridgehead atoms. The maximum Gasteiger partial charge on any atom is 0.309 e. The first-order valence-corrected chi connectivity index (χ1v) is 9.52. The number of hydrogen-bond donors (Lipinski definition) is 0. The van der Waals surface area contributed by atoms with E-state index in [-0.39, 0.29) is 30.6 Å². The molecule has 1 fully saturated rings. The van der Waals surface area contributed by atoms with Gasteiger partial charge >= 0.3 is 11.9 Å². The number of rotatable bonds is 10. The molecule has 146 valence electrons. The van der Waals surface area contributed by atoms with Gasteiger partial charge in [0, 0.05) is 6.61 Å². The molecule has 0 amide bonds. The summed E-state index contributed by atoms with van der Waals surface area (Å²) in [4.78, 5) is 24.2. The van der Waals surface area contributed by atoms with Crippen molar-refractivity contribution < 1.29 is 23.8 Å². The largest absolute Gasteiger partial charge is 0.460 e. The zero-order chi connectivity index (χ0) is 19.2. The Morgan fingerprint density at radius 1 is 1.08 bits per heavy atom. The first-order valence-electron chi connectivity index (χ1n) is 9.52. The van der Waals surface area contributed by atoms with Gasteiger partial charge in [-0.3, -0.25) is 9.59 Å². The van der Waals surface area contributed by atoms with Crippen LogP contribution >= 0.6 is 0 Å². The van der Waals surface area contributed by atoms with Gasteiger partial charge in [0.15, 0.2) is 0 Å². The summed E-state index contributed by atoms with van der Waals surface area (Å²) in [7, 11) is 0. The number of carbonyl (C=O) groups is 2. The van der Waals surface area contributed by atoms with Crippen LogP contribution in [0.2, 0.25) is 0 Å². The van der Waals surface area contributed by atoms with Crippen LogP contribution in [-0.4, -0.2) is 36.4 Å². The van der Waals surface area contributed by atoms with E-state index < -0.39 is 11.5 Å². The smallest absolute Gasteiger partial charge is 0.309 e. The van der Waals surface area contributed by atoms with E-state index in [1.807, 2.05) is 27.7 Å². The maximum atomic E-state index is 12.3. The van der Waals surface area contributed by atoms with E-state index >= 15 is 0 Å². The first-order chi connectivity index (χ1) is 11.5. The summed E-state index contributed by atoms with van der Waals surface area (Å²) < 4.78 is 16.8. The normalized spacial score (nSPS) is 18.6. The van der Waals surface area contributed by atoms with E-state index in [9.17, 15) is 9.59 Å². The summed E-state index contributed by atoms with van der Waals surface area (Å²) in [5, 5.41) is 0. The van der Waals surface area contributed by atoms with Gasteiger partial charge in [-0.25, -0.2) is 0 Å². The summed E-state index contributed by atoms with van der Waals surface area (Å²) in [6.07, 6.45) is 2.92. The number of ether oxygens (including phenoxy) is 3. The monoisotopic (exact) mass is 356 g/mol. The molecule has 1 saturated carbocycles. The van der Waals surface area contributed by atoms with Gasteiger partial charge in [-0.2, -0.15) is 0 Å². The zero-order valence-corrected chi connectivity index (χ0v) is 17.0. The molecule has 0 spiro atoms. The van der Waals surface area contributed by atoms with Crippen molar-refractivity contribution in [3.8, 4) is 0 Å². The molecule has 1 rings (SSSR count). The Morgan fingerprint density at radius 3 is 2.16 bits per heavy atom. The van der Waals surface area contributed by atoms with E-state index in [4.69, 9.17) is 14.2 Å². The second-order valence-corrected chi connectivity index (χ2v) is 8.78. The van der Waals surface area contributed by atoms with Crippen LogP contribution in [0.1, 0.15) is 74.1 Å². The fraction of sp³-hybridized carbons (Fsp3) is 0.900. The molecule has 1 aliphatic rings. The predicted octanol–water partition coefficient (Wildman–Crippen LogP) is 4.13. The van der Waals surface area contributed by atoms with Crippen LogP contribution in [0, 0.1) is 17.8 Å². The summed E-state index contributed by atoms with van der Waals surface area (Å²) >= 11 is 0. The van der Waals surface area contributed by atoms with Crippen LogP contribution in [0.25, 0.3) is 0 Å². The van der Waals surface area contributed by atoms with Crippen molar-refractivity contribution in [2.45, 2.75) is 92.0 Å². The van der Waals surface area contributed by atoms with Crippen molar-refractivity contribution in [1.29, 1.82) is 0 Å². The standard InChI is InChI=1S/C20H36O5/c1-13(2)10-17(23-12-16-8-9-16)15(4)24-19(22)14(3)11-18(21)25-20(5,6)7/h13-17H,8-12H2,1-7H3/t14-,15+,17-/m1/s1. The lowest BCUT2D eigenvalue weighted by Gasteiger charge is -2.27. The highest BCUT2D eigenvalue weighted by atomic mass is 16.6. The van der Waals surface area contributed by atoms with Gasteiger partial charge in [-0.1, -0.05) is 20.8 Å². The summed E-state index contributed by atoms with van der Waals surface area (Å²) in [6, 6.07) is 0. The summed E-state index contributed by atoms with van der Waals surface area (Å²) in [6.45, 7) is 14.0. The number of esters is 2. The molecule has 0 aromatic rings. The number of carbonyl (C=O) groups excluding carboxylic acids is 2. The third kappa shape index (κ3) is 9.83. The molecule has 1 aliphatic carbocycles. The molecule has 0 aromatic carbocycles. The fourth-order valence-electron chi connectivity index (χ4n) is 2.50. The van der Waals surface area contributed by atoms with Gasteiger partial charge in [-0.15, -0.1) is 0 Å². The highest BCUT2D eigenvalue weighted by molar-refractivity contribution is 5.79. The Balaban J connectivity index is 2.48. The van der Waals surface area contributed by atoms with E-state index in [0.29, 0.717) is 11.8 Å². The van der Waals surface area contributed by atoms with Gasteiger partial charge in [-0.05, 0) is 58.8 Å². The van der Waals surface area contributed by atoms with E-state index in [2.05, 4.69) is 13.8 Å². The van der Waals surface area contributed by atoms with E-state index in [1.54, 1.807) is 6.92 Å². The lowest BCUT2D eigenvalue weighted by molar-refractivity contribution is -0.167. The maximum absolute atomic E-state index is 12.3. The van der Waals surface area contributed by atoms with Gasteiger partial charge in [0.2, 0.25) is 0 Å².